The van der Waals surface area contributed by atoms with E-state index in [1.165, 1.54) is 17.3 Å². The number of halogens is 1. The summed E-state index contributed by atoms with van der Waals surface area (Å²) < 4.78 is 2.91. The van der Waals surface area contributed by atoms with E-state index in [0.29, 0.717) is 0 Å². The maximum Gasteiger partial charge on any atom is 0.237 e. The summed E-state index contributed by atoms with van der Waals surface area (Å²) in [5.41, 5.74) is 3.07. The number of rotatable bonds is 3. The van der Waals surface area contributed by atoms with Crippen molar-refractivity contribution in [3.05, 3.63) is 58.6 Å². The second kappa shape index (κ2) is 7.25. The van der Waals surface area contributed by atoms with E-state index in [-0.39, 0.29) is 11.2 Å². The van der Waals surface area contributed by atoms with Gasteiger partial charge in [-0.05, 0) is 30.5 Å². The highest BCUT2D eigenvalue weighted by Gasteiger charge is 2.26. The molecule has 0 fully saturated rings. The molecule has 5 nitrogen and oxygen atoms in total. The predicted octanol–water partition coefficient (Wildman–Crippen LogP) is 4.29. The largest absolute Gasteiger partial charge is 0.325 e. The van der Waals surface area contributed by atoms with Gasteiger partial charge in [0.15, 0.2) is 11.0 Å². The Morgan fingerprint density at radius 1 is 1.15 bits per heavy atom. The first-order valence-electron chi connectivity index (χ1n) is 8.33. The first-order chi connectivity index (χ1) is 12.6. The number of hydrogen-bond acceptors (Lipinski definition) is 4. The number of anilines is 1. The second-order valence-corrected chi connectivity index (χ2v) is 8.16. The van der Waals surface area contributed by atoms with E-state index >= 15 is 0 Å². The van der Waals surface area contributed by atoms with E-state index in [1.807, 2.05) is 54.1 Å². The summed E-state index contributed by atoms with van der Waals surface area (Å²) in [7, 11) is 1.93. The van der Waals surface area contributed by atoms with E-state index in [0.717, 1.165) is 39.5 Å². The molecule has 0 saturated heterocycles. The van der Waals surface area contributed by atoms with Crippen LogP contribution in [-0.4, -0.2) is 25.9 Å². The van der Waals surface area contributed by atoms with Gasteiger partial charge in [0.2, 0.25) is 5.91 Å². The lowest BCUT2D eigenvalue weighted by Crippen LogP contribution is -2.24. The van der Waals surface area contributed by atoms with Crippen molar-refractivity contribution in [3.63, 3.8) is 0 Å². The Kier molecular flexibility index (Phi) is 4.82. The van der Waals surface area contributed by atoms with E-state index in [4.69, 9.17) is 0 Å². The number of aryl methyl sites for hydroxylation is 1. The van der Waals surface area contributed by atoms with Gasteiger partial charge in [-0.25, -0.2) is 0 Å². The molecule has 0 unspecified atom stereocenters. The third kappa shape index (κ3) is 3.29. The molecule has 0 radical (unpaired) electrons. The van der Waals surface area contributed by atoms with Gasteiger partial charge in [0.1, 0.15) is 0 Å². The predicted molar refractivity (Wildman–Crippen MR) is 107 cm³/mol. The van der Waals surface area contributed by atoms with Gasteiger partial charge in [-0.2, -0.15) is 0 Å². The van der Waals surface area contributed by atoms with Crippen LogP contribution in [0.3, 0.4) is 0 Å². The van der Waals surface area contributed by atoms with Crippen molar-refractivity contribution >= 4 is 39.3 Å². The summed E-state index contributed by atoms with van der Waals surface area (Å²) in [6.45, 7) is 0. The van der Waals surface area contributed by atoms with Crippen LogP contribution in [0, 0.1) is 0 Å². The van der Waals surface area contributed by atoms with E-state index < -0.39 is 0 Å². The van der Waals surface area contributed by atoms with Crippen LogP contribution in [0.5, 0.6) is 0 Å². The van der Waals surface area contributed by atoms with Crippen LogP contribution in [0.2, 0.25) is 0 Å². The average molecular weight is 429 g/mol. The van der Waals surface area contributed by atoms with Gasteiger partial charge in [0.05, 0.1) is 5.25 Å². The van der Waals surface area contributed by atoms with Crippen LogP contribution in [0.25, 0.3) is 11.4 Å². The number of carbonyl (C=O) groups is 1. The minimum Gasteiger partial charge on any atom is -0.325 e. The smallest absolute Gasteiger partial charge is 0.237 e. The van der Waals surface area contributed by atoms with Crippen molar-refractivity contribution in [2.24, 2.45) is 7.05 Å². The molecule has 2 aromatic carbocycles. The highest BCUT2D eigenvalue weighted by Crippen LogP contribution is 2.33. The van der Waals surface area contributed by atoms with E-state index in [1.54, 1.807) is 0 Å². The van der Waals surface area contributed by atoms with Gasteiger partial charge >= 0.3 is 0 Å². The number of nitrogens with one attached hydrogen (secondary N) is 1. The quantitative estimate of drug-likeness (QED) is 0.675. The van der Waals surface area contributed by atoms with Crippen LogP contribution in [-0.2, 0) is 18.3 Å². The van der Waals surface area contributed by atoms with Gasteiger partial charge < -0.3 is 9.88 Å². The molecule has 1 aliphatic rings. The Hall–Kier alpha value is -2.12. The molecular formula is C19H17BrN4OS. The topological polar surface area (TPSA) is 59.8 Å². The fourth-order valence-corrected chi connectivity index (χ4v) is 4.48. The van der Waals surface area contributed by atoms with Gasteiger partial charge in [-0.3, -0.25) is 4.79 Å². The molecule has 0 spiro atoms. The molecule has 4 rings (SSSR count). The van der Waals surface area contributed by atoms with Crippen molar-refractivity contribution in [2.75, 3.05) is 5.32 Å². The minimum absolute atomic E-state index is 0.0189. The first-order valence-corrected chi connectivity index (χ1v) is 10.0. The Morgan fingerprint density at radius 3 is 2.77 bits per heavy atom. The van der Waals surface area contributed by atoms with Crippen molar-refractivity contribution < 1.29 is 4.79 Å². The molecule has 7 heteroatoms. The number of carbonyl (C=O) groups excluding carboxylic acids is 1. The third-order valence-corrected chi connectivity index (χ3v) is 6.43. The molecule has 0 bridgehead atoms. The van der Waals surface area contributed by atoms with Crippen LogP contribution in [0.15, 0.2) is 58.2 Å². The zero-order chi connectivity index (χ0) is 18.1. The summed E-state index contributed by atoms with van der Waals surface area (Å²) in [6, 6.07) is 15.9. The molecule has 1 aromatic heterocycles. The molecule has 26 heavy (non-hydrogen) atoms. The highest BCUT2D eigenvalue weighted by molar-refractivity contribution is 9.10. The number of amides is 1. The van der Waals surface area contributed by atoms with Crippen molar-refractivity contribution in [1.29, 1.82) is 0 Å². The standard InChI is InChI=1S/C19H17BrN4OS/c1-24-17(13-7-3-4-8-14(13)20)22-23-19(24)26-16-11-10-12-6-2-5-9-15(12)21-18(16)25/h2-9,16H,10-11H2,1H3,(H,21,25)/t16-/m1/s1. The summed E-state index contributed by atoms with van der Waals surface area (Å²) in [5, 5.41) is 12.2. The fraction of sp³-hybridized carbons (Fsp3) is 0.211. The zero-order valence-corrected chi connectivity index (χ0v) is 16.5. The lowest BCUT2D eigenvalue weighted by Gasteiger charge is -2.12. The number of hydrogen-bond donors (Lipinski definition) is 1. The number of aromatic nitrogens is 3. The average Bonchev–Trinajstić information content (AvgIpc) is 2.91. The van der Waals surface area contributed by atoms with Crippen LogP contribution in [0.4, 0.5) is 5.69 Å². The zero-order valence-electron chi connectivity index (χ0n) is 14.1. The number of para-hydroxylation sites is 1. The lowest BCUT2D eigenvalue weighted by atomic mass is 10.1. The molecular weight excluding hydrogens is 412 g/mol. The highest BCUT2D eigenvalue weighted by atomic mass is 79.9. The Labute approximate surface area is 164 Å². The van der Waals surface area contributed by atoms with Gasteiger partial charge in [0, 0.05) is 22.8 Å². The fourth-order valence-electron chi connectivity index (χ4n) is 3.03. The van der Waals surface area contributed by atoms with Crippen molar-refractivity contribution in [1.82, 2.24) is 14.8 Å². The molecule has 0 saturated carbocycles. The summed E-state index contributed by atoms with van der Waals surface area (Å²) in [5.74, 6) is 0.794. The molecule has 1 amide bonds. The molecule has 1 N–H and O–H groups in total. The summed E-state index contributed by atoms with van der Waals surface area (Å²) >= 11 is 5.03. The van der Waals surface area contributed by atoms with E-state index in [2.05, 4.69) is 37.5 Å². The Morgan fingerprint density at radius 2 is 1.92 bits per heavy atom. The maximum atomic E-state index is 12.6. The molecule has 3 aromatic rings. The van der Waals surface area contributed by atoms with Crippen LogP contribution >= 0.6 is 27.7 Å². The first kappa shape index (κ1) is 17.3. The molecule has 1 aliphatic heterocycles. The molecule has 0 aliphatic carbocycles. The molecule has 132 valence electrons. The molecule has 1 atom stereocenters. The number of nitrogens with zero attached hydrogens (tertiary/aromatic N) is 3. The number of benzene rings is 2. The van der Waals surface area contributed by atoms with Crippen molar-refractivity contribution in [3.8, 4) is 11.4 Å². The number of fused-ring (bicyclic) bond motifs is 1. The maximum absolute atomic E-state index is 12.6. The van der Waals surface area contributed by atoms with Gasteiger partial charge in [-0.15, -0.1) is 10.2 Å². The summed E-state index contributed by atoms with van der Waals surface area (Å²) in [6.07, 6.45) is 1.63. The van der Waals surface area contributed by atoms with Crippen molar-refractivity contribution in [2.45, 2.75) is 23.2 Å². The lowest BCUT2D eigenvalue weighted by molar-refractivity contribution is -0.115. The second-order valence-electron chi connectivity index (χ2n) is 6.14. The van der Waals surface area contributed by atoms with Crippen LogP contribution < -0.4 is 5.32 Å². The Balaban J connectivity index is 1.57. The van der Waals surface area contributed by atoms with Crippen LogP contribution in [0.1, 0.15) is 12.0 Å². The van der Waals surface area contributed by atoms with E-state index in [9.17, 15) is 4.79 Å². The van der Waals surface area contributed by atoms with Gasteiger partial charge in [-0.1, -0.05) is 64.1 Å². The third-order valence-electron chi connectivity index (χ3n) is 4.44. The van der Waals surface area contributed by atoms with Gasteiger partial charge in [0.25, 0.3) is 0 Å². The SMILES string of the molecule is Cn1c(S[C@@H]2CCc3ccccc3NC2=O)nnc1-c1ccccc1Br. The monoisotopic (exact) mass is 428 g/mol. The minimum atomic E-state index is -0.197. The number of thioether (sulfide) groups is 1. The summed E-state index contributed by atoms with van der Waals surface area (Å²) in [4.78, 5) is 12.6. The molecule has 2 heterocycles. The normalized spacial score (nSPS) is 16.7. The Bertz CT molecular complexity index is 972.